The summed E-state index contributed by atoms with van der Waals surface area (Å²) in [6.07, 6.45) is -6.25. The number of carbonyl (C=O) groups is 5. The minimum Gasteiger partial charge on any atom is -0.475 e. The molecular formula is C42H42ClF6N11O6. The van der Waals surface area contributed by atoms with Crippen molar-refractivity contribution in [2.24, 2.45) is 5.92 Å². The number of rotatable bonds is 9. The fourth-order valence-corrected chi connectivity index (χ4v) is 9.53. The highest BCUT2D eigenvalue weighted by atomic mass is 35.5. The number of fused-ring (bicyclic) bond motifs is 4. The molecule has 4 aromatic rings. The van der Waals surface area contributed by atoms with Gasteiger partial charge in [0, 0.05) is 70.2 Å². The zero-order valence-electron chi connectivity index (χ0n) is 35.2. The molecule has 5 aliphatic heterocycles. The highest BCUT2D eigenvalue weighted by molar-refractivity contribution is 6.29. The Balaban J connectivity index is 0.770. The first kappa shape index (κ1) is 45.1. The van der Waals surface area contributed by atoms with Crippen molar-refractivity contribution < 1.29 is 55.1 Å². The Hall–Kier alpha value is -6.07. The molecule has 0 bridgehead atoms. The number of ether oxygens (including phenoxy) is 1. The summed E-state index contributed by atoms with van der Waals surface area (Å²) >= 11 is 5.97. The molecule has 2 N–H and O–H groups in total. The second kappa shape index (κ2) is 17.0. The predicted octanol–water partition coefficient (Wildman–Crippen LogP) is 4.98. The highest BCUT2D eigenvalue weighted by Gasteiger charge is 2.60. The van der Waals surface area contributed by atoms with Gasteiger partial charge in [-0.05, 0) is 69.5 Å². The van der Waals surface area contributed by atoms with Gasteiger partial charge in [-0.2, -0.15) is 31.4 Å². The molecule has 2 atom stereocenters. The van der Waals surface area contributed by atoms with Crippen LogP contribution in [0.15, 0.2) is 42.7 Å². The highest BCUT2D eigenvalue weighted by Crippen LogP contribution is 2.50. The number of piperidine rings is 2. The summed E-state index contributed by atoms with van der Waals surface area (Å²) < 4.78 is 92.0. The Morgan fingerprint density at radius 3 is 2.33 bits per heavy atom. The van der Waals surface area contributed by atoms with Gasteiger partial charge in [-0.1, -0.05) is 11.6 Å². The molecule has 6 amide bonds. The number of halogens is 7. The van der Waals surface area contributed by atoms with Crippen LogP contribution in [0.5, 0.6) is 5.88 Å². The minimum atomic E-state index is -4.88. The Bertz CT molecular complexity index is 2630. The van der Waals surface area contributed by atoms with Crippen LogP contribution in [-0.2, 0) is 21.2 Å². The number of amides is 6. The maximum Gasteiger partial charge on any atom is 0.417 e. The van der Waals surface area contributed by atoms with E-state index < -0.39 is 77.0 Å². The van der Waals surface area contributed by atoms with Crippen LogP contribution in [0.25, 0.3) is 5.65 Å². The fraction of sp³-hybridized carbons (Fsp3) is 0.476. The third-order valence-electron chi connectivity index (χ3n) is 13.0. The maximum absolute atomic E-state index is 14.6. The van der Waals surface area contributed by atoms with Gasteiger partial charge in [0.05, 0.1) is 34.3 Å². The number of pyridine rings is 1. The molecule has 66 heavy (non-hydrogen) atoms. The van der Waals surface area contributed by atoms with Gasteiger partial charge in [0.25, 0.3) is 11.8 Å². The van der Waals surface area contributed by atoms with Gasteiger partial charge in [0.15, 0.2) is 10.8 Å². The first-order chi connectivity index (χ1) is 31.3. The van der Waals surface area contributed by atoms with Crippen molar-refractivity contribution in [3.63, 3.8) is 0 Å². The van der Waals surface area contributed by atoms with E-state index in [-0.39, 0.29) is 52.9 Å². The molecule has 8 heterocycles. The van der Waals surface area contributed by atoms with Crippen molar-refractivity contribution in [1.29, 1.82) is 0 Å². The summed E-state index contributed by atoms with van der Waals surface area (Å²) in [6, 6.07) is 4.77. The first-order valence-corrected chi connectivity index (χ1v) is 21.6. The lowest BCUT2D eigenvalue weighted by Crippen LogP contribution is -2.54. The van der Waals surface area contributed by atoms with E-state index in [9.17, 15) is 50.3 Å². The number of hydrogen-bond donors (Lipinski definition) is 2. The zero-order chi connectivity index (χ0) is 46.9. The standard InChI is InChI=1S/C42H42ClF6N11O6/c1-40(42(47,48)49)22-58(30-20-50-32-18-31(43)54-60(32)34(30)40)39(65)52-28-16-24(41(44,45)46)19-51-36(28)66-15-14-55-8-6-23(7-9-55)21-56-10-12-57(13-11-56)25-2-3-26-27(17-25)38(64)59(37(26)63)29-4-5-33(61)53-35(29)62/h2-3,16-20,23,29H,4-15,21-22H2,1H3,(H,52,65)(H,53,61,62). The Kier molecular flexibility index (Phi) is 11.6. The third-order valence-corrected chi connectivity index (χ3v) is 13.2. The topological polar surface area (TPSA) is 178 Å². The van der Waals surface area contributed by atoms with Crippen LogP contribution in [0.4, 0.5) is 48.2 Å². The fourth-order valence-electron chi connectivity index (χ4n) is 9.36. The maximum atomic E-state index is 14.6. The second-order valence-corrected chi connectivity index (χ2v) is 17.6. The van der Waals surface area contributed by atoms with Gasteiger partial charge in [-0.25, -0.2) is 19.3 Å². The molecule has 0 spiro atoms. The largest absolute Gasteiger partial charge is 0.475 e. The SMILES string of the molecule is CC1(C(F)(F)F)CN(C(=O)Nc2cc(C(F)(F)F)cnc2OCCN2CCC(CN3CCN(c4ccc5c(c4)C(=O)N(C4CCC(=O)NC4=O)C5=O)CC3)CC2)c2cnc3cc(Cl)nn3c21. The number of likely N-dealkylation sites (tertiary alicyclic amines) is 1. The normalized spacial score (nSPS) is 22.3. The van der Waals surface area contributed by atoms with Crippen LogP contribution in [0.2, 0.25) is 5.15 Å². The second-order valence-electron chi connectivity index (χ2n) is 17.2. The van der Waals surface area contributed by atoms with Crippen molar-refractivity contribution in [2.45, 2.75) is 56.4 Å². The summed E-state index contributed by atoms with van der Waals surface area (Å²) in [5.41, 5.74) is -3.75. The number of alkyl halides is 6. The van der Waals surface area contributed by atoms with E-state index in [2.05, 4.69) is 40.4 Å². The summed E-state index contributed by atoms with van der Waals surface area (Å²) in [5, 5.41) is 8.31. The van der Waals surface area contributed by atoms with Crippen molar-refractivity contribution in [2.75, 3.05) is 80.6 Å². The van der Waals surface area contributed by atoms with E-state index in [1.54, 1.807) is 18.2 Å². The lowest BCUT2D eigenvalue weighted by atomic mass is 9.88. The molecule has 3 aromatic heterocycles. The lowest BCUT2D eigenvalue weighted by molar-refractivity contribution is -0.181. The molecule has 1 aromatic carbocycles. The molecule has 0 aliphatic carbocycles. The first-order valence-electron chi connectivity index (χ1n) is 21.2. The molecule has 0 saturated carbocycles. The monoisotopic (exact) mass is 945 g/mol. The molecule has 3 saturated heterocycles. The van der Waals surface area contributed by atoms with Crippen molar-refractivity contribution >= 4 is 64.0 Å². The Morgan fingerprint density at radius 1 is 0.909 bits per heavy atom. The Labute approximate surface area is 377 Å². The minimum absolute atomic E-state index is 0.00679. The number of benzene rings is 1. The zero-order valence-corrected chi connectivity index (χ0v) is 36.0. The van der Waals surface area contributed by atoms with Gasteiger partial charge >= 0.3 is 18.4 Å². The summed E-state index contributed by atoms with van der Waals surface area (Å²) in [4.78, 5) is 80.5. The summed E-state index contributed by atoms with van der Waals surface area (Å²) in [5.74, 6) is -2.15. The lowest BCUT2D eigenvalue weighted by Gasteiger charge is -2.39. The smallest absolute Gasteiger partial charge is 0.417 e. The van der Waals surface area contributed by atoms with E-state index in [4.69, 9.17) is 16.3 Å². The van der Waals surface area contributed by atoms with Crippen molar-refractivity contribution in [3.8, 4) is 5.88 Å². The number of aromatic nitrogens is 4. The average Bonchev–Trinajstić information content (AvgIpc) is 3.89. The van der Waals surface area contributed by atoms with Crippen LogP contribution < -0.4 is 25.2 Å². The van der Waals surface area contributed by atoms with Crippen LogP contribution in [0.1, 0.15) is 64.6 Å². The molecule has 9 rings (SSSR count). The molecule has 0 radical (unpaired) electrons. The number of hydrogen-bond acceptors (Lipinski definition) is 12. The summed E-state index contributed by atoms with van der Waals surface area (Å²) in [6.45, 7) is 5.58. The van der Waals surface area contributed by atoms with Gasteiger partial charge in [-0.3, -0.25) is 44.1 Å². The number of nitrogens with one attached hydrogen (secondary N) is 2. The van der Waals surface area contributed by atoms with Crippen LogP contribution in [-0.4, -0.2) is 142 Å². The van der Waals surface area contributed by atoms with Crippen LogP contribution in [0.3, 0.4) is 0 Å². The number of urea groups is 1. The average molecular weight is 946 g/mol. The molecule has 17 nitrogen and oxygen atoms in total. The molecule has 2 unspecified atom stereocenters. The third kappa shape index (κ3) is 8.35. The van der Waals surface area contributed by atoms with E-state index in [1.165, 1.54) is 6.07 Å². The quantitative estimate of drug-likeness (QED) is 0.170. The molecule has 5 aliphatic rings. The van der Waals surface area contributed by atoms with E-state index in [0.717, 1.165) is 78.7 Å². The summed E-state index contributed by atoms with van der Waals surface area (Å²) in [7, 11) is 0. The van der Waals surface area contributed by atoms with E-state index in [1.807, 2.05) is 0 Å². The molecular weight excluding hydrogens is 904 g/mol. The predicted molar refractivity (Wildman–Crippen MR) is 223 cm³/mol. The number of anilines is 3. The number of carbonyl (C=O) groups excluding carboxylic acids is 5. The van der Waals surface area contributed by atoms with Gasteiger partial charge in [0.1, 0.15) is 23.8 Å². The van der Waals surface area contributed by atoms with Gasteiger partial charge < -0.3 is 15.0 Å². The number of piperazine rings is 1. The van der Waals surface area contributed by atoms with Crippen molar-refractivity contribution in [3.05, 3.63) is 70.3 Å². The van der Waals surface area contributed by atoms with E-state index >= 15 is 0 Å². The molecule has 350 valence electrons. The van der Waals surface area contributed by atoms with Crippen LogP contribution >= 0.6 is 11.6 Å². The molecule has 3 fully saturated rings. The van der Waals surface area contributed by atoms with Gasteiger partial charge in [-0.15, -0.1) is 0 Å². The Morgan fingerprint density at radius 2 is 1.64 bits per heavy atom. The number of nitrogens with zero attached hydrogens (tertiary/aromatic N) is 9. The van der Waals surface area contributed by atoms with E-state index in [0.29, 0.717) is 37.8 Å². The number of imide groups is 2. The van der Waals surface area contributed by atoms with Crippen molar-refractivity contribution in [1.82, 2.24) is 39.6 Å². The van der Waals surface area contributed by atoms with Crippen LogP contribution in [0, 0.1) is 5.92 Å². The molecule has 24 heteroatoms. The van der Waals surface area contributed by atoms with Gasteiger partial charge in [0.2, 0.25) is 17.7 Å².